The van der Waals surface area contributed by atoms with E-state index >= 15 is 0 Å². The van der Waals surface area contributed by atoms with Crippen molar-refractivity contribution in [3.05, 3.63) is 46.7 Å². The fourth-order valence-electron chi connectivity index (χ4n) is 3.90. The van der Waals surface area contributed by atoms with E-state index in [-0.39, 0.29) is 5.41 Å². The van der Waals surface area contributed by atoms with Crippen LogP contribution in [0.3, 0.4) is 0 Å². The Balaban J connectivity index is 1.40. The molecule has 2 fully saturated rings. The van der Waals surface area contributed by atoms with Gasteiger partial charge in [0, 0.05) is 55.6 Å². The van der Waals surface area contributed by atoms with Gasteiger partial charge in [0.15, 0.2) is 0 Å². The van der Waals surface area contributed by atoms with Crippen LogP contribution in [0.25, 0.3) is 0 Å². The first-order valence-electron chi connectivity index (χ1n) is 8.61. The van der Waals surface area contributed by atoms with Crippen LogP contribution < -0.4 is 0 Å². The van der Waals surface area contributed by atoms with Crippen molar-refractivity contribution < 1.29 is 4.74 Å². The molecule has 6 heteroatoms. The Hall–Kier alpha value is -1.34. The van der Waals surface area contributed by atoms with Crippen LogP contribution in [-0.2, 0) is 17.8 Å². The molecule has 2 aromatic rings. The predicted molar refractivity (Wildman–Crippen MR) is 94.8 cm³/mol. The molecule has 2 saturated heterocycles. The van der Waals surface area contributed by atoms with Crippen molar-refractivity contribution in [1.82, 2.24) is 19.8 Å². The van der Waals surface area contributed by atoms with Gasteiger partial charge in [-0.1, -0.05) is 6.07 Å². The number of likely N-dealkylation sites (tertiary alicyclic amines) is 1. The monoisotopic (exact) mass is 344 g/mol. The summed E-state index contributed by atoms with van der Waals surface area (Å²) >= 11 is 1.75. The molecule has 0 N–H and O–H groups in total. The van der Waals surface area contributed by atoms with Crippen molar-refractivity contribution in [2.45, 2.75) is 19.5 Å². The van der Waals surface area contributed by atoms with E-state index in [0.717, 1.165) is 52.5 Å². The van der Waals surface area contributed by atoms with Crippen molar-refractivity contribution in [1.29, 1.82) is 0 Å². The Bertz CT molecular complexity index is 636. The number of hydrogen-bond donors (Lipinski definition) is 0. The number of ether oxygens (including phenoxy) is 1. The Labute approximate surface area is 147 Å². The van der Waals surface area contributed by atoms with E-state index in [1.807, 2.05) is 24.7 Å². The third-order valence-electron chi connectivity index (χ3n) is 5.01. The van der Waals surface area contributed by atoms with Crippen LogP contribution in [-0.4, -0.2) is 59.2 Å². The Kier molecular flexibility index (Phi) is 4.89. The molecule has 0 bridgehead atoms. The quantitative estimate of drug-likeness (QED) is 0.851. The van der Waals surface area contributed by atoms with Crippen LogP contribution in [0.5, 0.6) is 0 Å². The van der Waals surface area contributed by atoms with Gasteiger partial charge >= 0.3 is 0 Å². The highest BCUT2D eigenvalue weighted by Crippen LogP contribution is 2.34. The molecule has 0 aliphatic carbocycles. The van der Waals surface area contributed by atoms with Crippen molar-refractivity contribution in [2.24, 2.45) is 5.41 Å². The topological polar surface area (TPSA) is 41.5 Å². The van der Waals surface area contributed by atoms with Gasteiger partial charge in [-0.3, -0.25) is 14.8 Å². The van der Waals surface area contributed by atoms with Crippen LogP contribution >= 0.6 is 11.3 Å². The highest BCUT2D eigenvalue weighted by molar-refractivity contribution is 7.09. The molecule has 5 nitrogen and oxygen atoms in total. The van der Waals surface area contributed by atoms with E-state index in [0.29, 0.717) is 0 Å². The SMILES string of the molecule is c1cncc(CN2CCC3(COCCN(Cc4nccs4)C3)C2)c1. The summed E-state index contributed by atoms with van der Waals surface area (Å²) in [5, 5.41) is 3.27. The average molecular weight is 344 g/mol. The van der Waals surface area contributed by atoms with Crippen LogP contribution in [0.2, 0.25) is 0 Å². The number of nitrogens with zero attached hydrogens (tertiary/aromatic N) is 4. The first-order valence-corrected chi connectivity index (χ1v) is 9.49. The van der Waals surface area contributed by atoms with Gasteiger partial charge in [-0.05, 0) is 24.6 Å². The second-order valence-electron chi connectivity index (χ2n) is 7.01. The summed E-state index contributed by atoms with van der Waals surface area (Å²) < 4.78 is 5.98. The molecule has 1 atom stereocenters. The Morgan fingerprint density at radius 3 is 2.88 bits per heavy atom. The molecule has 4 rings (SSSR count). The van der Waals surface area contributed by atoms with Gasteiger partial charge in [-0.15, -0.1) is 11.3 Å². The summed E-state index contributed by atoms with van der Waals surface area (Å²) in [7, 11) is 0. The van der Waals surface area contributed by atoms with Crippen molar-refractivity contribution in [3.63, 3.8) is 0 Å². The minimum Gasteiger partial charge on any atom is -0.379 e. The maximum absolute atomic E-state index is 5.98. The number of hydrogen-bond acceptors (Lipinski definition) is 6. The fraction of sp³-hybridized carbons (Fsp3) is 0.556. The number of pyridine rings is 1. The number of aromatic nitrogens is 2. The van der Waals surface area contributed by atoms with Crippen molar-refractivity contribution in [2.75, 3.05) is 39.4 Å². The second-order valence-corrected chi connectivity index (χ2v) is 7.99. The highest BCUT2D eigenvalue weighted by atomic mass is 32.1. The maximum atomic E-state index is 5.98. The standard InChI is InChI=1S/C18H24N4OS/c1-2-16(10-19-4-1)11-21-6-3-18(13-21)14-22(7-8-23-15-18)12-17-20-5-9-24-17/h1-2,4-5,9-10H,3,6-8,11-15H2. The van der Waals surface area contributed by atoms with Gasteiger partial charge in [-0.2, -0.15) is 0 Å². The molecule has 2 aromatic heterocycles. The molecule has 2 aliphatic heterocycles. The minimum absolute atomic E-state index is 0.260. The summed E-state index contributed by atoms with van der Waals surface area (Å²) in [4.78, 5) is 13.8. The minimum atomic E-state index is 0.260. The van der Waals surface area contributed by atoms with Gasteiger partial charge in [0.25, 0.3) is 0 Å². The normalized spacial score (nSPS) is 26.0. The fourth-order valence-corrected chi connectivity index (χ4v) is 4.56. The summed E-state index contributed by atoms with van der Waals surface area (Å²) in [6, 6.07) is 4.18. The molecule has 128 valence electrons. The Morgan fingerprint density at radius 1 is 1.17 bits per heavy atom. The summed E-state index contributed by atoms with van der Waals surface area (Å²) in [6.07, 6.45) is 6.92. The predicted octanol–water partition coefficient (Wildman–Crippen LogP) is 2.26. The van der Waals surface area contributed by atoms with Crippen LogP contribution in [0.15, 0.2) is 36.1 Å². The molecule has 1 unspecified atom stereocenters. The zero-order valence-corrected chi connectivity index (χ0v) is 14.7. The summed E-state index contributed by atoms with van der Waals surface area (Å²) in [5.41, 5.74) is 1.56. The average Bonchev–Trinajstić information content (AvgIpc) is 3.18. The van der Waals surface area contributed by atoms with E-state index in [1.54, 1.807) is 11.3 Å². The van der Waals surface area contributed by atoms with E-state index < -0.39 is 0 Å². The van der Waals surface area contributed by atoms with Crippen LogP contribution in [0.4, 0.5) is 0 Å². The second kappa shape index (κ2) is 7.27. The maximum Gasteiger partial charge on any atom is 0.107 e. The van der Waals surface area contributed by atoms with Crippen molar-refractivity contribution in [3.8, 4) is 0 Å². The zero-order chi connectivity index (χ0) is 16.2. The smallest absolute Gasteiger partial charge is 0.107 e. The van der Waals surface area contributed by atoms with E-state index in [2.05, 4.69) is 31.2 Å². The molecular weight excluding hydrogens is 320 g/mol. The zero-order valence-electron chi connectivity index (χ0n) is 13.9. The molecule has 2 aliphatic rings. The van der Waals surface area contributed by atoms with Gasteiger partial charge in [0.05, 0.1) is 19.8 Å². The van der Waals surface area contributed by atoms with Crippen LogP contribution in [0, 0.1) is 5.41 Å². The van der Waals surface area contributed by atoms with E-state index in [1.165, 1.54) is 17.0 Å². The summed E-state index contributed by atoms with van der Waals surface area (Å²) in [6.45, 7) is 8.01. The molecule has 0 radical (unpaired) electrons. The van der Waals surface area contributed by atoms with Gasteiger partial charge in [0.2, 0.25) is 0 Å². The lowest BCUT2D eigenvalue weighted by atomic mass is 9.87. The molecule has 0 saturated carbocycles. The van der Waals surface area contributed by atoms with Crippen molar-refractivity contribution >= 4 is 11.3 Å². The number of rotatable bonds is 4. The molecular formula is C18H24N4OS. The molecule has 1 spiro atoms. The van der Waals surface area contributed by atoms with E-state index in [9.17, 15) is 0 Å². The first-order chi connectivity index (χ1) is 11.8. The van der Waals surface area contributed by atoms with Gasteiger partial charge in [0.1, 0.15) is 5.01 Å². The lowest BCUT2D eigenvalue weighted by Crippen LogP contribution is -2.40. The molecule has 4 heterocycles. The van der Waals surface area contributed by atoms with Crippen LogP contribution in [0.1, 0.15) is 17.0 Å². The largest absolute Gasteiger partial charge is 0.379 e. The lowest BCUT2D eigenvalue weighted by molar-refractivity contribution is 0.0706. The molecule has 24 heavy (non-hydrogen) atoms. The molecule has 0 amide bonds. The summed E-state index contributed by atoms with van der Waals surface area (Å²) in [5.74, 6) is 0. The lowest BCUT2D eigenvalue weighted by Gasteiger charge is -2.31. The third kappa shape index (κ3) is 3.83. The van der Waals surface area contributed by atoms with Gasteiger partial charge < -0.3 is 4.74 Å². The number of thiazole rings is 1. The highest BCUT2D eigenvalue weighted by Gasteiger charge is 2.41. The van der Waals surface area contributed by atoms with Gasteiger partial charge in [-0.25, -0.2) is 4.98 Å². The third-order valence-corrected chi connectivity index (χ3v) is 5.77. The Morgan fingerprint density at radius 2 is 2.08 bits per heavy atom. The first kappa shape index (κ1) is 16.1. The molecule has 0 aromatic carbocycles. The van der Waals surface area contributed by atoms with E-state index in [4.69, 9.17) is 4.74 Å².